The smallest absolute Gasteiger partial charge is 0.221 e. The first-order chi connectivity index (χ1) is 8.74. The maximum Gasteiger partial charge on any atom is 0.221 e. The maximum absolute atomic E-state index is 13.2. The van der Waals surface area contributed by atoms with E-state index in [1.807, 2.05) is 12.1 Å². The van der Waals surface area contributed by atoms with E-state index in [-0.39, 0.29) is 11.8 Å². The van der Waals surface area contributed by atoms with E-state index in [2.05, 4.69) is 15.0 Å². The summed E-state index contributed by atoms with van der Waals surface area (Å²) in [5, 5.41) is 0.761. The molecule has 0 radical (unpaired) electrons. The van der Waals surface area contributed by atoms with Crippen molar-refractivity contribution in [3.05, 3.63) is 48.5 Å². The van der Waals surface area contributed by atoms with Crippen LogP contribution in [0.15, 0.2) is 42.7 Å². The maximum atomic E-state index is 13.2. The number of hydrogen-bond acceptors (Lipinski definition) is 4. The third-order valence-corrected chi connectivity index (χ3v) is 2.63. The van der Waals surface area contributed by atoms with E-state index in [1.165, 1.54) is 12.1 Å². The number of nitrogen functional groups attached to an aromatic ring is 1. The lowest BCUT2D eigenvalue weighted by Crippen LogP contribution is -1.98. The van der Waals surface area contributed by atoms with Crippen molar-refractivity contribution in [2.75, 3.05) is 5.73 Å². The number of aromatic nitrogens is 3. The number of hydrogen-bond donors (Lipinski definition) is 1. The zero-order chi connectivity index (χ0) is 12.5. The van der Waals surface area contributed by atoms with Gasteiger partial charge in [0.15, 0.2) is 0 Å². The average molecular weight is 240 g/mol. The van der Waals surface area contributed by atoms with Crippen LogP contribution < -0.4 is 5.73 Å². The molecule has 0 aliphatic heterocycles. The van der Waals surface area contributed by atoms with E-state index < -0.39 is 0 Å². The third kappa shape index (κ3) is 1.75. The van der Waals surface area contributed by atoms with Gasteiger partial charge >= 0.3 is 0 Å². The predicted molar refractivity (Wildman–Crippen MR) is 67.1 cm³/mol. The standard InChI is InChI=1S/C13H9FN4/c14-9-1-2-10-11(7-9)17-13(15)18-12(10)8-3-5-16-6-4-8/h1-7H,(H2,15,17,18). The number of nitrogens with two attached hydrogens (primary N) is 1. The highest BCUT2D eigenvalue weighted by atomic mass is 19.1. The zero-order valence-electron chi connectivity index (χ0n) is 9.34. The van der Waals surface area contributed by atoms with Gasteiger partial charge in [-0.05, 0) is 24.3 Å². The number of pyridine rings is 1. The molecule has 4 nitrogen and oxygen atoms in total. The van der Waals surface area contributed by atoms with Gasteiger partial charge in [-0.1, -0.05) is 0 Å². The van der Waals surface area contributed by atoms with Crippen LogP contribution in [0.2, 0.25) is 0 Å². The van der Waals surface area contributed by atoms with Crippen molar-refractivity contribution >= 4 is 16.9 Å². The van der Waals surface area contributed by atoms with E-state index in [1.54, 1.807) is 18.5 Å². The minimum atomic E-state index is -0.346. The van der Waals surface area contributed by atoms with Gasteiger partial charge in [0, 0.05) is 29.4 Å². The Morgan fingerprint density at radius 2 is 1.78 bits per heavy atom. The summed E-state index contributed by atoms with van der Waals surface area (Å²) in [6.07, 6.45) is 3.34. The van der Waals surface area contributed by atoms with Crippen molar-refractivity contribution in [3.63, 3.8) is 0 Å². The van der Waals surface area contributed by atoms with Gasteiger partial charge in [0.2, 0.25) is 5.95 Å². The molecular weight excluding hydrogens is 231 g/mol. The Balaban J connectivity index is 2.35. The lowest BCUT2D eigenvalue weighted by atomic mass is 10.1. The van der Waals surface area contributed by atoms with Crippen molar-refractivity contribution in [2.45, 2.75) is 0 Å². The summed E-state index contributed by atoms with van der Waals surface area (Å²) in [5.74, 6) is -0.221. The molecular formula is C13H9FN4. The molecule has 0 saturated heterocycles. The van der Waals surface area contributed by atoms with Crippen molar-refractivity contribution in [1.29, 1.82) is 0 Å². The van der Waals surface area contributed by atoms with Gasteiger partial charge in [-0.15, -0.1) is 0 Å². The first kappa shape index (κ1) is 10.6. The molecule has 2 N–H and O–H groups in total. The van der Waals surface area contributed by atoms with Gasteiger partial charge in [0.25, 0.3) is 0 Å². The highest BCUT2D eigenvalue weighted by Gasteiger charge is 2.08. The van der Waals surface area contributed by atoms with E-state index >= 15 is 0 Å². The number of halogens is 1. The van der Waals surface area contributed by atoms with Crippen LogP contribution in [0, 0.1) is 5.82 Å². The summed E-state index contributed by atoms with van der Waals surface area (Å²) >= 11 is 0. The molecule has 2 aromatic heterocycles. The van der Waals surface area contributed by atoms with Crippen molar-refractivity contribution in [2.24, 2.45) is 0 Å². The Kier molecular flexibility index (Phi) is 2.37. The molecule has 0 fully saturated rings. The molecule has 0 atom stereocenters. The molecule has 0 aliphatic carbocycles. The first-order valence-electron chi connectivity index (χ1n) is 5.37. The van der Waals surface area contributed by atoms with E-state index in [0.717, 1.165) is 10.9 Å². The summed E-state index contributed by atoms with van der Waals surface area (Å²) in [6, 6.07) is 8.03. The number of nitrogens with zero attached hydrogens (tertiary/aromatic N) is 3. The molecule has 5 heteroatoms. The minimum absolute atomic E-state index is 0.125. The largest absolute Gasteiger partial charge is 0.368 e. The Bertz CT molecular complexity index is 708. The van der Waals surface area contributed by atoms with Gasteiger partial charge < -0.3 is 5.73 Å². The highest BCUT2D eigenvalue weighted by Crippen LogP contribution is 2.26. The molecule has 3 rings (SSSR count). The Hall–Kier alpha value is -2.56. The van der Waals surface area contributed by atoms with Crippen LogP contribution >= 0.6 is 0 Å². The van der Waals surface area contributed by atoms with E-state index in [0.29, 0.717) is 11.2 Å². The minimum Gasteiger partial charge on any atom is -0.368 e. The summed E-state index contributed by atoms with van der Waals surface area (Å²) in [4.78, 5) is 12.2. The van der Waals surface area contributed by atoms with Crippen LogP contribution in [0.25, 0.3) is 22.2 Å². The first-order valence-corrected chi connectivity index (χ1v) is 5.37. The van der Waals surface area contributed by atoms with Crippen LogP contribution in [-0.4, -0.2) is 15.0 Å². The molecule has 88 valence electrons. The zero-order valence-corrected chi connectivity index (χ0v) is 9.34. The Morgan fingerprint density at radius 1 is 1.00 bits per heavy atom. The lowest BCUT2D eigenvalue weighted by molar-refractivity contribution is 0.629. The van der Waals surface area contributed by atoms with Crippen LogP contribution in [0.3, 0.4) is 0 Å². The Labute approximate surface area is 102 Å². The topological polar surface area (TPSA) is 64.7 Å². The van der Waals surface area contributed by atoms with Crippen LogP contribution in [0.1, 0.15) is 0 Å². The molecule has 3 aromatic rings. The highest BCUT2D eigenvalue weighted by molar-refractivity contribution is 5.92. The molecule has 0 aliphatic rings. The fourth-order valence-corrected chi connectivity index (χ4v) is 1.85. The second-order valence-corrected chi connectivity index (χ2v) is 3.83. The van der Waals surface area contributed by atoms with Crippen molar-refractivity contribution < 1.29 is 4.39 Å². The molecule has 0 amide bonds. The number of fused-ring (bicyclic) bond motifs is 1. The monoisotopic (exact) mass is 240 g/mol. The number of rotatable bonds is 1. The molecule has 2 heterocycles. The average Bonchev–Trinajstić information content (AvgIpc) is 2.38. The van der Waals surface area contributed by atoms with E-state index in [9.17, 15) is 4.39 Å². The van der Waals surface area contributed by atoms with Gasteiger partial charge in [-0.3, -0.25) is 4.98 Å². The van der Waals surface area contributed by atoms with Gasteiger partial charge in [-0.2, -0.15) is 0 Å². The fraction of sp³-hybridized carbons (Fsp3) is 0. The Morgan fingerprint density at radius 3 is 2.56 bits per heavy atom. The molecule has 1 aromatic carbocycles. The van der Waals surface area contributed by atoms with E-state index in [4.69, 9.17) is 5.73 Å². The summed E-state index contributed by atoms with van der Waals surface area (Å²) < 4.78 is 13.2. The SMILES string of the molecule is Nc1nc(-c2ccncc2)c2ccc(F)cc2n1. The van der Waals surface area contributed by atoms with Crippen molar-refractivity contribution in [1.82, 2.24) is 15.0 Å². The molecule has 0 spiro atoms. The second kappa shape index (κ2) is 4.03. The predicted octanol–water partition coefficient (Wildman–Crippen LogP) is 2.41. The molecule has 0 bridgehead atoms. The summed E-state index contributed by atoms with van der Waals surface area (Å²) in [7, 11) is 0. The van der Waals surface area contributed by atoms with Gasteiger partial charge in [0.05, 0.1) is 11.2 Å². The van der Waals surface area contributed by atoms with Crippen LogP contribution in [-0.2, 0) is 0 Å². The lowest BCUT2D eigenvalue weighted by Gasteiger charge is -2.06. The van der Waals surface area contributed by atoms with Gasteiger partial charge in [0.1, 0.15) is 5.82 Å². The molecule has 0 saturated carbocycles. The van der Waals surface area contributed by atoms with Crippen molar-refractivity contribution in [3.8, 4) is 11.3 Å². The summed E-state index contributed by atoms with van der Waals surface area (Å²) in [5.41, 5.74) is 7.70. The normalized spacial score (nSPS) is 10.7. The van der Waals surface area contributed by atoms with Crippen LogP contribution in [0.5, 0.6) is 0 Å². The number of anilines is 1. The quantitative estimate of drug-likeness (QED) is 0.709. The van der Waals surface area contributed by atoms with Crippen LogP contribution in [0.4, 0.5) is 10.3 Å². The number of benzene rings is 1. The van der Waals surface area contributed by atoms with Gasteiger partial charge in [-0.25, -0.2) is 14.4 Å². The summed E-state index contributed by atoms with van der Waals surface area (Å²) in [6.45, 7) is 0. The molecule has 18 heavy (non-hydrogen) atoms. The third-order valence-electron chi connectivity index (χ3n) is 2.63. The second-order valence-electron chi connectivity index (χ2n) is 3.83. The fourth-order valence-electron chi connectivity index (χ4n) is 1.85. The molecule has 0 unspecified atom stereocenters.